The van der Waals surface area contributed by atoms with E-state index < -0.39 is 11.6 Å². The first-order valence-corrected chi connectivity index (χ1v) is 7.17. The number of hydrogen-bond donors (Lipinski definition) is 0. The molecule has 0 radical (unpaired) electrons. The zero-order valence-electron chi connectivity index (χ0n) is 12.3. The SMILES string of the molecule is CC(=O)C1CC(c2ccccc2)(c2ccccc2)N(C)O1. The molecule has 1 aliphatic rings. The van der Waals surface area contributed by atoms with Gasteiger partial charge in [-0.05, 0) is 18.1 Å². The summed E-state index contributed by atoms with van der Waals surface area (Å²) >= 11 is 0. The minimum atomic E-state index is -0.418. The molecule has 3 rings (SSSR count). The van der Waals surface area contributed by atoms with Crippen LogP contribution in [0.5, 0.6) is 0 Å². The van der Waals surface area contributed by atoms with E-state index in [0.29, 0.717) is 6.42 Å². The average molecular weight is 281 g/mol. The van der Waals surface area contributed by atoms with Crippen LogP contribution in [0.25, 0.3) is 0 Å². The summed E-state index contributed by atoms with van der Waals surface area (Å²) in [4.78, 5) is 17.6. The number of nitrogens with zero attached hydrogens (tertiary/aromatic N) is 1. The first-order chi connectivity index (χ1) is 10.1. The zero-order chi connectivity index (χ0) is 14.9. The van der Waals surface area contributed by atoms with E-state index in [1.165, 1.54) is 0 Å². The first kappa shape index (κ1) is 14.0. The van der Waals surface area contributed by atoms with E-state index in [2.05, 4.69) is 24.3 Å². The lowest BCUT2D eigenvalue weighted by atomic mass is 9.79. The van der Waals surface area contributed by atoms with Crippen molar-refractivity contribution in [2.75, 3.05) is 7.05 Å². The third-order valence-corrected chi connectivity index (χ3v) is 4.26. The van der Waals surface area contributed by atoms with Crippen LogP contribution in [-0.4, -0.2) is 24.0 Å². The Morgan fingerprint density at radius 2 is 1.52 bits per heavy atom. The molecule has 1 saturated heterocycles. The maximum atomic E-state index is 11.8. The van der Waals surface area contributed by atoms with Gasteiger partial charge in [-0.3, -0.25) is 9.63 Å². The molecule has 0 aliphatic carbocycles. The van der Waals surface area contributed by atoms with Gasteiger partial charge in [0, 0.05) is 13.5 Å². The van der Waals surface area contributed by atoms with E-state index in [0.717, 1.165) is 11.1 Å². The molecule has 0 saturated carbocycles. The molecule has 0 bridgehead atoms. The predicted molar refractivity (Wildman–Crippen MR) is 81.6 cm³/mol. The molecule has 1 unspecified atom stereocenters. The molecule has 1 atom stereocenters. The second-order valence-electron chi connectivity index (χ2n) is 5.50. The predicted octanol–water partition coefficient (Wildman–Crippen LogP) is 3.15. The van der Waals surface area contributed by atoms with Gasteiger partial charge in [0.15, 0.2) is 5.78 Å². The van der Waals surface area contributed by atoms with Crippen LogP contribution in [0.15, 0.2) is 60.7 Å². The molecule has 0 N–H and O–H groups in total. The number of hydrogen-bond acceptors (Lipinski definition) is 3. The fourth-order valence-electron chi connectivity index (χ4n) is 3.13. The van der Waals surface area contributed by atoms with Crippen molar-refractivity contribution in [1.82, 2.24) is 5.06 Å². The number of carbonyl (C=O) groups is 1. The minimum absolute atomic E-state index is 0.0654. The normalized spacial score (nSPS) is 21.3. The number of carbonyl (C=O) groups excluding carboxylic acids is 1. The van der Waals surface area contributed by atoms with Crippen LogP contribution in [-0.2, 0) is 15.2 Å². The van der Waals surface area contributed by atoms with Gasteiger partial charge in [-0.25, -0.2) is 0 Å². The Bertz CT molecular complexity index is 585. The van der Waals surface area contributed by atoms with Crippen LogP contribution in [0.3, 0.4) is 0 Å². The molecule has 1 fully saturated rings. The molecule has 1 heterocycles. The van der Waals surface area contributed by atoms with Gasteiger partial charge in [0.05, 0.1) is 5.54 Å². The highest BCUT2D eigenvalue weighted by atomic mass is 16.7. The minimum Gasteiger partial charge on any atom is -0.297 e. The van der Waals surface area contributed by atoms with E-state index in [-0.39, 0.29) is 5.78 Å². The molecule has 3 nitrogen and oxygen atoms in total. The van der Waals surface area contributed by atoms with Crippen LogP contribution < -0.4 is 0 Å². The van der Waals surface area contributed by atoms with Crippen LogP contribution in [0.4, 0.5) is 0 Å². The van der Waals surface area contributed by atoms with Gasteiger partial charge in [-0.15, -0.1) is 0 Å². The number of rotatable bonds is 3. The summed E-state index contributed by atoms with van der Waals surface area (Å²) in [6.07, 6.45) is 0.239. The van der Waals surface area contributed by atoms with Gasteiger partial charge in [-0.2, -0.15) is 5.06 Å². The van der Waals surface area contributed by atoms with Gasteiger partial charge in [0.25, 0.3) is 0 Å². The highest BCUT2D eigenvalue weighted by Crippen LogP contribution is 2.44. The highest BCUT2D eigenvalue weighted by Gasteiger charge is 2.49. The standard InChI is InChI=1S/C18H19NO2/c1-14(20)17-13-18(19(2)21-17,15-9-5-3-6-10-15)16-11-7-4-8-12-16/h3-12,17H,13H2,1-2H3. The molecule has 0 amide bonds. The lowest BCUT2D eigenvalue weighted by Gasteiger charge is -2.35. The fourth-order valence-corrected chi connectivity index (χ4v) is 3.13. The number of ketones is 1. The van der Waals surface area contributed by atoms with E-state index in [9.17, 15) is 4.79 Å². The second-order valence-corrected chi connectivity index (χ2v) is 5.50. The van der Waals surface area contributed by atoms with Crippen molar-refractivity contribution < 1.29 is 9.63 Å². The molecule has 3 heteroatoms. The van der Waals surface area contributed by atoms with Gasteiger partial charge in [-0.1, -0.05) is 60.7 Å². The number of benzene rings is 2. The topological polar surface area (TPSA) is 29.5 Å². The van der Waals surface area contributed by atoms with Crippen LogP contribution in [0.1, 0.15) is 24.5 Å². The Morgan fingerprint density at radius 1 is 1.05 bits per heavy atom. The lowest BCUT2D eigenvalue weighted by Crippen LogP contribution is -2.38. The molecule has 0 spiro atoms. The summed E-state index contributed by atoms with van der Waals surface area (Å²) in [7, 11) is 1.91. The van der Waals surface area contributed by atoms with Crippen LogP contribution >= 0.6 is 0 Å². The van der Waals surface area contributed by atoms with Gasteiger partial charge >= 0.3 is 0 Å². The Labute approximate surface area is 125 Å². The van der Waals surface area contributed by atoms with Crippen molar-refractivity contribution in [1.29, 1.82) is 0 Å². The molecular formula is C18H19NO2. The Kier molecular flexibility index (Phi) is 3.62. The smallest absolute Gasteiger partial charge is 0.160 e. The second kappa shape index (κ2) is 5.43. The van der Waals surface area contributed by atoms with Gasteiger partial charge < -0.3 is 0 Å². The monoisotopic (exact) mass is 281 g/mol. The summed E-state index contributed by atoms with van der Waals surface area (Å²) in [5, 5.41) is 1.84. The largest absolute Gasteiger partial charge is 0.297 e. The first-order valence-electron chi connectivity index (χ1n) is 7.17. The molecule has 1 aliphatic heterocycles. The summed E-state index contributed by atoms with van der Waals surface area (Å²) in [5.41, 5.74) is 1.86. The Morgan fingerprint density at radius 3 is 1.90 bits per heavy atom. The van der Waals surface area contributed by atoms with Crippen molar-refractivity contribution in [3.05, 3.63) is 71.8 Å². The Hall–Kier alpha value is -1.97. The fraction of sp³-hybridized carbons (Fsp3) is 0.278. The zero-order valence-corrected chi connectivity index (χ0v) is 12.3. The third kappa shape index (κ3) is 2.28. The van der Waals surface area contributed by atoms with E-state index in [1.54, 1.807) is 6.92 Å². The summed E-state index contributed by atoms with van der Waals surface area (Å²) in [6.45, 7) is 1.59. The quantitative estimate of drug-likeness (QED) is 0.865. The van der Waals surface area contributed by atoms with Gasteiger partial charge in [0.1, 0.15) is 6.10 Å². The van der Waals surface area contributed by atoms with Crippen molar-refractivity contribution in [3.63, 3.8) is 0 Å². The maximum Gasteiger partial charge on any atom is 0.160 e. The summed E-state index contributed by atoms with van der Waals surface area (Å²) in [6, 6.07) is 20.5. The number of hydroxylamine groups is 2. The lowest BCUT2D eigenvalue weighted by molar-refractivity contribution is -0.170. The highest BCUT2D eigenvalue weighted by molar-refractivity contribution is 5.81. The molecule has 2 aromatic carbocycles. The third-order valence-electron chi connectivity index (χ3n) is 4.26. The summed E-state index contributed by atoms with van der Waals surface area (Å²) in [5.74, 6) is 0.0654. The molecule has 0 aromatic heterocycles. The average Bonchev–Trinajstić information content (AvgIpc) is 2.88. The van der Waals surface area contributed by atoms with Crippen molar-refractivity contribution in [2.24, 2.45) is 0 Å². The molecular weight excluding hydrogens is 262 g/mol. The molecule has 2 aromatic rings. The van der Waals surface area contributed by atoms with E-state index in [4.69, 9.17) is 4.84 Å². The van der Waals surface area contributed by atoms with Crippen LogP contribution in [0, 0.1) is 0 Å². The summed E-state index contributed by atoms with van der Waals surface area (Å²) < 4.78 is 0. The maximum absolute atomic E-state index is 11.8. The molecule has 21 heavy (non-hydrogen) atoms. The number of Topliss-reactive ketones (excluding diaryl/α,β-unsaturated/α-hetero) is 1. The van der Waals surface area contributed by atoms with Gasteiger partial charge in [0.2, 0.25) is 0 Å². The van der Waals surface area contributed by atoms with Crippen LogP contribution in [0.2, 0.25) is 0 Å². The van der Waals surface area contributed by atoms with Crippen molar-refractivity contribution in [2.45, 2.75) is 25.0 Å². The van der Waals surface area contributed by atoms with Crippen molar-refractivity contribution >= 4 is 5.78 Å². The van der Waals surface area contributed by atoms with E-state index in [1.807, 2.05) is 48.5 Å². The Balaban J connectivity index is 2.15. The molecule has 108 valence electrons. The van der Waals surface area contributed by atoms with E-state index >= 15 is 0 Å². The van der Waals surface area contributed by atoms with Crippen molar-refractivity contribution in [3.8, 4) is 0 Å².